The molecule has 7 heteroatoms. The van der Waals surface area contributed by atoms with Gasteiger partial charge in [0.2, 0.25) is 0 Å². The molecule has 21 heavy (non-hydrogen) atoms. The zero-order valence-corrected chi connectivity index (χ0v) is 11.6. The van der Waals surface area contributed by atoms with E-state index in [9.17, 15) is 5.11 Å². The van der Waals surface area contributed by atoms with Crippen LogP contribution in [0.15, 0.2) is 24.8 Å². The van der Waals surface area contributed by atoms with Gasteiger partial charge in [0.05, 0.1) is 12.4 Å². The molecule has 0 aliphatic heterocycles. The second-order valence-electron chi connectivity index (χ2n) is 5.83. The first-order chi connectivity index (χ1) is 10.3. The normalized spacial score (nSPS) is 31.0. The second-order valence-corrected chi connectivity index (χ2v) is 5.83. The summed E-state index contributed by atoms with van der Waals surface area (Å²) in [5.41, 5.74) is 7.42. The molecule has 2 aliphatic carbocycles. The number of aromatic nitrogens is 4. The third-order valence-corrected chi connectivity index (χ3v) is 4.26. The molecule has 2 aliphatic rings. The van der Waals surface area contributed by atoms with Gasteiger partial charge in [-0.3, -0.25) is 0 Å². The monoisotopic (exact) mass is 286 g/mol. The minimum Gasteiger partial charge on any atom is -0.396 e. The standard InChI is InChI=1S/C14H18N6O/c15-10-4-11(10)19-13-12-14(17-6-16-13)20(7-18-12)9-2-1-8(3-9)5-21/h1-2,6-11,21H,3-5,15H2,(H,16,17,19)/t8-,9+,10+,11-/m1/s1. The summed E-state index contributed by atoms with van der Waals surface area (Å²) in [5.74, 6) is 0.966. The minimum atomic E-state index is 0.182. The second kappa shape index (κ2) is 4.78. The van der Waals surface area contributed by atoms with Crippen LogP contribution < -0.4 is 11.1 Å². The largest absolute Gasteiger partial charge is 0.396 e. The number of rotatable bonds is 4. The van der Waals surface area contributed by atoms with Crippen molar-refractivity contribution in [1.29, 1.82) is 0 Å². The summed E-state index contributed by atoms with van der Waals surface area (Å²) in [7, 11) is 0. The van der Waals surface area contributed by atoms with Gasteiger partial charge in [-0.25, -0.2) is 15.0 Å². The van der Waals surface area contributed by atoms with Gasteiger partial charge in [-0.05, 0) is 12.8 Å². The molecule has 0 amide bonds. The van der Waals surface area contributed by atoms with E-state index in [0.717, 1.165) is 29.8 Å². The maximum absolute atomic E-state index is 9.25. The lowest BCUT2D eigenvalue weighted by Gasteiger charge is -2.12. The molecule has 2 heterocycles. The van der Waals surface area contributed by atoms with E-state index in [1.807, 2.05) is 4.57 Å². The molecular weight excluding hydrogens is 268 g/mol. The Kier molecular flexibility index (Phi) is 2.90. The van der Waals surface area contributed by atoms with Crippen LogP contribution in [0.25, 0.3) is 11.2 Å². The van der Waals surface area contributed by atoms with Gasteiger partial charge in [-0.15, -0.1) is 0 Å². The first-order valence-electron chi connectivity index (χ1n) is 7.25. The highest BCUT2D eigenvalue weighted by Gasteiger charge is 2.34. The van der Waals surface area contributed by atoms with E-state index in [0.29, 0.717) is 6.04 Å². The van der Waals surface area contributed by atoms with Crippen LogP contribution in [0.4, 0.5) is 5.82 Å². The summed E-state index contributed by atoms with van der Waals surface area (Å²) in [5, 5.41) is 12.6. The summed E-state index contributed by atoms with van der Waals surface area (Å²) >= 11 is 0. The number of nitrogens with two attached hydrogens (primary N) is 1. The predicted octanol–water partition coefficient (Wildman–Crippen LogP) is 0.447. The lowest BCUT2D eigenvalue weighted by atomic mass is 10.1. The molecule has 0 saturated heterocycles. The molecule has 1 saturated carbocycles. The molecule has 2 aromatic rings. The van der Waals surface area contributed by atoms with Crippen molar-refractivity contribution in [2.75, 3.05) is 11.9 Å². The molecule has 2 aromatic heterocycles. The van der Waals surface area contributed by atoms with Gasteiger partial charge in [0.1, 0.15) is 11.8 Å². The molecule has 4 rings (SSSR count). The predicted molar refractivity (Wildman–Crippen MR) is 78.7 cm³/mol. The van der Waals surface area contributed by atoms with Gasteiger partial charge < -0.3 is 20.7 Å². The average molecular weight is 286 g/mol. The Labute approximate surface area is 121 Å². The molecule has 0 radical (unpaired) electrons. The number of hydrogen-bond acceptors (Lipinski definition) is 6. The van der Waals surface area contributed by atoms with Crippen LogP contribution in [0.1, 0.15) is 18.9 Å². The molecule has 0 spiro atoms. The Morgan fingerprint density at radius 2 is 2.14 bits per heavy atom. The maximum Gasteiger partial charge on any atom is 0.165 e. The number of aliphatic hydroxyl groups excluding tert-OH is 1. The Hall–Kier alpha value is -1.99. The van der Waals surface area contributed by atoms with E-state index in [4.69, 9.17) is 5.73 Å². The lowest BCUT2D eigenvalue weighted by Crippen LogP contribution is -2.14. The molecule has 4 atom stereocenters. The summed E-state index contributed by atoms with van der Waals surface area (Å²) < 4.78 is 2.04. The van der Waals surface area contributed by atoms with Crippen molar-refractivity contribution in [1.82, 2.24) is 19.5 Å². The van der Waals surface area contributed by atoms with Crippen LogP contribution in [0, 0.1) is 5.92 Å². The highest BCUT2D eigenvalue weighted by atomic mass is 16.3. The van der Waals surface area contributed by atoms with Crippen molar-refractivity contribution in [3.63, 3.8) is 0 Å². The van der Waals surface area contributed by atoms with Crippen molar-refractivity contribution in [3.05, 3.63) is 24.8 Å². The fourth-order valence-electron chi connectivity index (χ4n) is 2.85. The van der Waals surface area contributed by atoms with E-state index >= 15 is 0 Å². The molecule has 0 unspecified atom stereocenters. The summed E-state index contributed by atoms with van der Waals surface area (Å²) in [6.07, 6.45) is 9.36. The summed E-state index contributed by atoms with van der Waals surface area (Å²) in [6.45, 7) is 0.182. The van der Waals surface area contributed by atoms with Crippen molar-refractivity contribution in [2.45, 2.75) is 31.0 Å². The third-order valence-electron chi connectivity index (χ3n) is 4.26. The van der Waals surface area contributed by atoms with Crippen LogP contribution in [0.5, 0.6) is 0 Å². The van der Waals surface area contributed by atoms with Gasteiger partial charge in [0.25, 0.3) is 0 Å². The summed E-state index contributed by atoms with van der Waals surface area (Å²) in [4.78, 5) is 13.1. The molecule has 7 nitrogen and oxygen atoms in total. The van der Waals surface area contributed by atoms with Gasteiger partial charge in [0.15, 0.2) is 11.5 Å². The number of anilines is 1. The molecular formula is C14H18N6O. The van der Waals surface area contributed by atoms with Crippen LogP contribution >= 0.6 is 0 Å². The van der Waals surface area contributed by atoms with Gasteiger partial charge in [-0.1, -0.05) is 12.2 Å². The van der Waals surface area contributed by atoms with Crippen molar-refractivity contribution in [3.8, 4) is 0 Å². The van der Waals surface area contributed by atoms with Gasteiger partial charge in [0, 0.05) is 24.6 Å². The van der Waals surface area contributed by atoms with Crippen molar-refractivity contribution < 1.29 is 5.11 Å². The quantitative estimate of drug-likeness (QED) is 0.705. The zero-order valence-electron chi connectivity index (χ0n) is 11.6. The first-order valence-corrected chi connectivity index (χ1v) is 7.25. The highest BCUT2D eigenvalue weighted by Crippen LogP contribution is 2.31. The number of imidazole rings is 1. The number of allylic oxidation sites excluding steroid dienone is 1. The third kappa shape index (κ3) is 2.18. The highest BCUT2D eigenvalue weighted by molar-refractivity contribution is 5.83. The Morgan fingerprint density at radius 1 is 1.29 bits per heavy atom. The van der Waals surface area contributed by atoms with E-state index in [1.165, 1.54) is 0 Å². The van der Waals surface area contributed by atoms with E-state index in [1.54, 1.807) is 12.7 Å². The lowest BCUT2D eigenvalue weighted by molar-refractivity contribution is 0.244. The fourth-order valence-corrected chi connectivity index (χ4v) is 2.85. The summed E-state index contributed by atoms with van der Waals surface area (Å²) in [6, 6.07) is 0.691. The number of hydrogen-bond donors (Lipinski definition) is 3. The molecule has 110 valence electrons. The van der Waals surface area contributed by atoms with Crippen LogP contribution in [0.3, 0.4) is 0 Å². The maximum atomic E-state index is 9.25. The first kappa shape index (κ1) is 12.7. The van der Waals surface area contributed by atoms with Gasteiger partial charge >= 0.3 is 0 Å². The van der Waals surface area contributed by atoms with E-state index in [-0.39, 0.29) is 24.6 Å². The molecule has 0 aromatic carbocycles. The number of aliphatic hydroxyl groups is 1. The molecule has 4 N–H and O–H groups in total. The Morgan fingerprint density at radius 3 is 2.86 bits per heavy atom. The minimum absolute atomic E-state index is 0.182. The zero-order chi connectivity index (χ0) is 14.4. The van der Waals surface area contributed by atoms with Crippen LogP contribution in [-0.4, -0.2) is 43.3 Å². The van der Waals surface area contributed by atoms with E-state index < -0.39 is 0 Å². The van der Waals surface area contributed by atoms with Crippen molar-refractivity contribution >= 4 is 17.0 Å². The van der Waals surface area contributed by atoms with Crippen LogP contribution in [-0.2, 0) is 0 Å². The Bertz CT molecular complexity index is 696. The number of nitrogens with one attached hydrogen (secondary N) is 1. The fraction of sp³-hybridized carbons (Fsp3) is 0.500. The van der Waals surface area contributed by atoms with Gasteiger partial charge in [-0.2, -0.15) is 0 Å². The van der Waals surface area contributed by atoms with Crippen molar-refractivity contribution in [2.24, 2.45) is 11.7 Å². The molecule has 0 bridgehead atoms. The number of nitrogens with zero attached hydrogens (tertiary/aromatic N) is 4. The average Bonchev–Trinajstić information content (AvgIpc) is 2.94. The topological polar surface area (TPSA) is 102 Å². The van der Waals surface area contributed by atoms with Crippen LogP contribution in [0.2, 0.25) is 0 Å². The SMILES string of the molecule is N[C@H]1C[C@H]1Nc1ncnc2c1ncn2[C@H]1C=C[C@@H](CO)C1. The molecule has 1 fully saturated rings. The smallest absolute Gasteiger partial charge is 0.165 e. The Balaban J connectivity index is 1.66. The van der Waals surface area contributed by atoms with E-state index in [2.05, 4.69) is 32.4 Å². The number of fused-ring (bicyclic) bond motifs is 1.